The predicted octanol–water partition coefficient (Wildman–Crippen LogP) is 2.05. The summed E-state index contributed by atoms with van der Waals surface area (Å²) in [5.41, 5.74) is 0. The number of rotatable bonds is 10. The number of aliphatic imine (C=N–C) groups is 1. The first-order valence-electron chi connectivity index (χ1n) is 6.57. The molecule has 0 aromatic rings. The molecule has 1 unspecified atom stereocenters. The van der Waals surface area contributed by atoms with Crippen LogP contribution in [0.5, 0.6) is 0 Å². The Morgan fingerprint density at radius 3 is 2.53 bits per heavy atom. The summed E-state index contributed by atoms with van der Waals surface area (Å²) in [5.74, 6) is 3.44. The Labute approximate surface area is 121 Å². The topological polar surface area (TPSA) is 49.3 Å². The van der Waals surface area contributed by atoms with Gasteiger partial charge in [0.25, 0.3) is 0 Å². The molecule has 1 aliphatic heterocycles. The fraction of sp³-hybridized carbons (Fsp3) is 0.917. The van der Waals surface area contributed by atoms with Crippen LogP contribution in [0.1, 0.15) is 13.3 Å². The lowest BCUT2D eigenvalue weighted by molar-refractivity contribution is 0.123. The highest BCUT2D eigenvalue weighted by molar-refractivity contribution is 7.99. The van der Waals surface area contributed by atoms with Crippen LogP contribution in [0, 0.1) is 5.92 Å². The molecule has 1 aliphatic rings. The van der Waals surface area contributed by atoms with Crippen molar-refractivity contribution in [2.75, 3.05) is 46.0 Å². The van der Waals surface area contributed by atoms with E-state index in [0.29, 0.717) is 5.92 Å². The molecule has 0 bridgehead atoms. The number of hydrogen-bond donors (Lipinski definition) is 0. The molecule has 0 aromatic heterocycles. The monoisotopic (exact) mass is 307 g/mol. The second-order valence-corrected chi connectivity index (χ2v) is 8.68. The largest absolute Gasteiger partial charge is 0.500 e. The van der Waals surface area contributed by atoms with Gasteiger partial charge in [0.2, 0.25) is 0 Å². The van der Waals surface area contributed by atoms with Gasteiger partial charge in [-0.1, -0.05) is 6.92 Å². The van der Waals surface area contributed by atoms with Gasteiger partial charge in [-0.2, -0.15) is 11.8 Å². The zero-order chi connectivity index (χ0) is 14.1. The third-order valence-corrected chi connectivity index (χ3v) is 7.25. The van der Waals surface area contributed by atoms with Crippen molar-refractivity contribution < 1.29 is 18.0 Å². The molecule has 0 saturated carbocycles. The van der Waals surface area contributed by atoms with Crippen LogP contribution in [0.3, 0.4) is 0 Å². The number of thioether (sulfide) groups is 1. The molecule has 0 aliphatic carbocycles. The average Bonchev–Trinajstić information content (AvgIpc) is 2.97. The molecule has 1 heterocycles. The zero-order valence-electron chi connectivity index (χ0n) is 12.3. The lowest BCUT2D eigenvalue weighted by atomic mass is 10.2. The first-order chi connectivity index (χ1) is 9.17. The van der Waals surface area contributed by atoms with Crippen molar-refractivity contribution in [3.63, 3.8) is 0 Å². The van der Waals surface area contributed by atoms with Crippen molar-refractivity contribution in [2.24, 2.45) is 10.9 Å². The van der Waals surface area contributed by atoms with Crippen molar-refractivity contribution in [2.45, 2.75) is 19.4 Å². The zero-order valence-corrected chi connectivity index (χ0v) is 14.1. The van der Waals surface area contributed by atoms with Crippen LogP contribution in [0.25, 0.3) is 0 Å². The third kappa shape index (κ3) is 5.43. The lowest BCUT2D eigenvalue weighted by Gasteiger charge is -2.24. The van der Waals surface area contributed by atoms with Gasteiger partial charge >= 0.3 is 8.80 Å². The van der Waals surface area contributed by atoms with Gasteiger partial charge in [0, 0.05) is 39.0 Å². The second kappa shape index (κ2) is 8.96. The normalized spacial score (nSPS) is 17.2. The Bertz CT molecular complexity index is 279. The van der Waals surface area contributed by atoms with E-state index >= 15 is 0 Å². The van der Waals surface area contributed by atoms with Crippen molar-refractivity contribution in [1.82, 2.24) is 0 Å². The number of hydrogen-bond acceptors (Lipinski definition) is 6. The summed E-state index contributed by atoms with van der Waals surface area (Å²) in [7, 11) is 2.59. The van der Waals surface area contributed by atoms with E-state index in [4.69, 9.17) is 18.0 Å². The minimum absolute atomic E-state index is 0.404. The molecular formula is C12H25NO4SSi. The first-order valence-corrected chi connectivity index (χ1v) is 9.66. The van der Waals surface area contributed by atoms with E-state index in [9.17, 15) is 0 Å². The fourth-order valence-corrected chi connectivity index (χ4v) is 4.92. The summed E-state index contributed by atoms with van der Waals surface area (Å²) < 4.78 is 21.6. The Balaban J connectivity index is 2.13. The predicted molar refractivity (Wildman–Crippen MR) is 80.9 cm³/mol. The quantitative estimate of drug-likeness (QED) is 0.457. The van der Waals surface area contributed by atoms with Crippen LogP contribution in [0.15, 0.2) is 4.99 Å². The van der Waals surface area contributed by atoms with Crippen LogP contribution in [-0.2, 0) is 18.0 Å². The van der Waals surface area contributed by atoms with Gasteiger partial charge in [-0.05, 0) is 12.2 Å². The van der Waals surface area contributed by atoms with Crippen LogP contribution in [0.4, 0.5) is 0 Å². The van der Waals surface area contributed by atoms with E-state index in [0.717, 1.165) is 43.0 Å². The SMILES string of the molecule is CO[Si](CCCSCC(C)C1=NCCO1)(OC)OC. The molecule has 0 spiro atoms. The number of ether oxygens (including phenoxy) is 1. The molecule has 0 fully saturated rings. The van der Waals surface area contributed by atoms with Gasteiger partial charge in [0.15, 0.2) is 5.90 Å². The fourth-order valence-electron chi connectivity index (χ4n) is 1.93. The minimum Gasteiger partial charge on any atom is -0.479 e. The van der Waals surface area contributed by atoms with Gasteiger partial charge in [-0.25, -0.2) is 0 Å². The van der Waals surface area contributed by atoms with Gasteiger partial charge in [0.1, 0.15) is 6.61 Å². The van der Waals surface area contributed by atoms with E-state index in [1.165, 1.54) is 0 Å². The van der Waals surface area contributed by atoms with E-state index in [1.807, 2.05) is 11.8 Å². The first kappa shape index (κ1) is 17.0. The molecule has 1 rings (SSSR count). The lowest BCUT2D eigenvalue weighted by Crippen LogP contribution is -2.42. The maximum absolute atomic E-state index is 5.46. The maximum atomic E-state index is 5.46. The second-order valence-electron chi connectivity index (χ2n) is 4.44. The molecule has 7 heteroatoms. The van der Waals surface area contributed by atoms with Crippen LogP contribution < -0.4 is 0 Å². The van der Waals surface area contributed by atoms with E-state index in [-0.39, 0.29) is 0 Å². The average molecular weight is 307 g/mol. The summed E-state index contributed by atoms with van der Waals surface area (Å²) in [6, 6.07) is 0.856. The molecule has 19 heavy (non-hydrogen) atoms. The molecule has 0 aromatic carbocycles. The molecule has 112 valence electrons. The minimum atomic E-state index is -2.38. The van der Waals surface area contributed by atoms with Gasteiger partial charge in [-0.15, -0.1) is 0 Å². The standard InChI is InChI=1S/C12H25NO4SSi/c1-11(12-13-6-7-17-12)10-18-8-5-9-19(14-2,15-3)16-4/h11H,5-10H2,1-4H3. The Morgan fingerprint density at radius 2 is 2.00 bits per heavy atom. The molecule has 0 amide bonds. The Kier molecular flexibility index (Phi) is 8.01. The molecule has 0 saturated heterocycles. The highest BCUT2D eigenvalue weighted by atomic mass is 32.2. The van der Waals surface area contributed by atoms with Crippen LogP contribution in [0.2, 0.25) is 6.04 Å². The van der Waals surface area contributed by atoms with Crippen molar-refractivity contribution in [1.29, 1.82) is 0 Å². The van der Waals surface area contributed by atoms with Crippen molar-refractivity contribution >= 4 is 26.5 Å². The van der Waals surface area contributed by atoms with E-state index in [1.54, 1.807) is 21.3 Å². The molecule has 0 radical (unpaired) electrons. The van der Waals surface area contributed by atoms with Crippen LogP contribution >= 0.6 is 11.8 Å². The molecule has 0 N–H and O–H groups in total. The maximum Gasteiger partial charge on any atom is 0.500 e. The summed E-state index contributed by atoms with van der Waals surface area (Å²) in [6.45, 7) is 3.72. The molecule has 1 atom stereocenters. The highest BCUT2D eigenvalue weighted by Crippen LogP contribution is 2.19. The Morgan fingerprint density at radius 1 is 1.32 bits per heavy atom. The Hall–Kier alpha value is -0.0831. The molecule has 5 nitrogen and oxygen atoms in total. The van der Waals surface area contributed by atoms with Gasteiger partial charge in [0.05, 0.1) is 6.54 Å². The summed E-state index contributed by atoms with van der Waals surface area (Å²) in [4.78, 5) is 4.34. The summed E-state index contributed by atoms with van der Waals surface area (Å²) in [5, 5.41) is 0. The highest BCUT2D eigenvalue weighted by Gasteiger charge is 2.36. The third-order valence-electron chi connectivity index (χ3n) is 3.10. The smallest absolute Gasteiger partial charge is 0.479 e. The summed E-state index contributed by atoms with van der Waals surface area (Å²) in [6.07, 6.45) is 1.03. The van der Waals surface area contributed by atoms with Crippen molar-refractivity contribution in [3.05, 3.63) is 0 Å². The molecular weight excluding hydrogens is 282 g/mol. The number of nitrogens with zero attached hydrogens (tertiary/aromatic N) is 1. The van der Waals surface area contributed by atoms with Crippen molar-refractivity contribution in [3.8, 4) is 0 Å². The van der Waals surface area contributed by atoms with Crippen LogP contribution in [-0.4, -0.2) is 60.7 Å². The summed E-state index contributed by atoms with van der Waals surface area (Å²) >= 11 is 1.92. The van der Waals surface area contributed by atoms with Gasteiger partial charge in [-0.3, -0.25) is 4.99 Å². The van der Waals surface area contributed by atoms with E-state index in [2.05, 4.69) is 11.9 Å². The van der Waals surface area contributed by atoms with Gasteiger partial charge < -0.3 is 18.0 Å². The van der Waals surface area contributed by atoms with E-state index < -0.39 is 8.80 Å².